The third-order valence-electron chi connectivity index (χ3n) is 3.49. The molecule has 0 fully saturated rings. The Morgan fingerprint density at radius 1 is 1.16 bits per heavy atom. The number of ether oxygens (including phenoxy) is 1. The van der Waals surface area contributed by atoms with Crippen molar-refractivity contribution in [3.05, 3.63) is 29.3 Å². The second-order valence-corrected chi connectivity index (χ2v) is 10.1. The predicted octanol–water partition coefficient (Wildman–Crippen LogP) is 3.23. The molecule has 0 heterocycles. The maximum Gasteiger partial charge on any atom is 0.408 e. The van der Waals surface area contributed by atoms with Gasteiger partial charge in [0.05, 0.1) is 10.4 Å². The molecule has 1 amide bonds. The van der Waals surface area contributed by atoms with E-state index in [1.54, 1.807) is 53.7 Å². The third-order valence-corrected chi connectivity index (χ3v) is 5.43. The summed E-state index contributed by atoms with van der Waals surface area (Å²) in [6, 6.07) is 5.33. The Labute approximate surface area is 151 Å². The van der Waals surface area contributed by atoms with Crippen LogP contribution in [-0.4, -0.2) is 43.5 Å². The van der Waals surface area contributed by atoms with E-state index in [0.29, 0.717) is 5.56 Å². The number of likely N-dealkylation sites (N-methyl/N-ethyl adjacent to an activating group) is 1. The van der Waals surface area contributed by atoms with Crippen molar-refractivity contribution in [2.75, 3.05) is 13.6 Å². The van der Waals surface area contributed by atoms with E-state index in [0.717, 1.165) is 5.56 Å². The summed E-state index contributed by atoms with van der Waals surface area (Å²) in [5.74, 6) is 0. The van der Waals surface area contributed by atoms with Crippen LogP contribution in [-0.2, 0) is 14.8 Å². The summed E-state index contributed by atoms with van der Waals surface area (Å²) in [5.41, 5.74) is 0.165. The van der Waals surface area contributed by atoms with Crippen molar-refractivity contribution in [2.24, 2.45) is 0 Å². The number of sulfonamides is 1. The average molecular weight is 371 g/mol. The van der Waals surface area contributed by atoms with Crippen LogP contribution < -0.4 is 5.32 Å². The monoisotopic (exact) mass is 370 g/mol. The number of nitrogens with one attached hydrogen (secondary N) is 1. The summed E-state index contributed by atoms with van der Waals surface area (Å²) in [4.78, 5) is 12.3. The Morgan fingerprint density at radius 2 is 1.72 bits per heavy atom. The summed E-state index contributed by atoms with van der Waals surface area (Å²) in [6.45, 7) is 12.6. The second-order valence-electron chi connectivity index (χ2n) is 8.04. The lowest BCUT2D eigenvalue weighted by Crippen LogP contribution is -2.52. The van der Waals surface area contributed by atoms with Crippen molar-refractivity contribution in [3.63, 3.8) is 0 Å². The van der Waals surface area contributed by atoms with Gasteiger partial charge in [-0.2, -0.15) is 4.31 Å². The van der Waals surface area contributed by atoms with E-state index in [9.17, 15) is 13.2 Å². The van der Waals surface area contributed by atoms with Gasteiger partial charge in [-0.3, -0.25) is 0 Å². The molecule has 0 bridgehead atoms. The van der Waals surface area contributed by atoms with E-state index in [4.69, 9.17) is 4.74 Å². The van der Waals surface area contributed by atoms with Gasteiger partial charge in [0.15, 0.2) is 0 Å². The number of hydrogen-bond acceptors (Lipinski definition) is 4. The lowest BCUT2D eigenvalue weighted by molar-refractivity contribution is 0.0464. The Kier molecular flexibility index (Phi) is 6.29. The standard InChI is InChI=1S/C18H30N2O4S/c1-13-9-10-14(2)15(11-13)25(22,23)20(8)12-18(6,7)19-16(21)24-17(3,4)5/h9-11H,12H2,1-8H3,(H,19,21). The molecule has 6 nitrogen and oxygen atoms in total. The quantitative estimate of drug-likeness (QED) is 0.863. The van der Waals surface area contributed by atoms with Crippen LogP contribution in [0.4, 0.5) is 4.79 Å². The molecular formula is C18H30N2O4S. The van der Waals surface area contributed by atoms with Gasteiger partial charge in [0.2, 0.25) is 10.0 Å². The number of amides is 1. The molecule has 7 heteroatoms. The Balaban J connectivity index is 2.94. The first-order valence-corrected chi connectivity index (χ1v) is 9.63. The van der Waals surface area contributed by atoms with Crippen molar-refractivity contribution < 1.29 is 17.9 Å². The second kappa shape index (κ2) is 7.33. The first kappa shape index (κ1) is 21.4. The lowest BCUT2D eigenvalue weighted by atomic mass is 10.1. The largest absolute Gasteiger partial charge is 0.444 e. The number of carbonyl (C=O) groups is 1. The van der Waals surface area contributed by atoms with Gasteiger partial charge >= 0.3 is 6.09 Å². The Hall–Kier alpha value is -1.60. The zero-order valence-corrected chi connectivity index (χ0v) is 17.2. The van der Waals surface area contributed by atoms with Crippen LogP contribution in [0.1, 0.15) is 45.7 Å². The summed E-state index contributed by atoms with van der Waals surface area (Å²) >= 11 is 0. The van der Waals surface area contributed by atoms with Gasteiger partial charge in [-0.05, 0) is 65.7 Å². The number of carbonyl (C=O) groups excluding carboxylic acids is 1. The van der Waals surface area contributed by atoms with Crippen molar-refractivity contribution in [3.8, 4) is 0 Å². The van der Waals surface area contributed by atoms with E-state index in [2.05, 4.69) is 5.32 Å². The van der Waals surface area contributed by atoms with Gasteiger partial charge in [-0.15, -0.1) is 0 Å². The van der Waals surface area contributed by atoms with Gasteiger partial charge < -0.3 is 10.1 Å². The molecule has 0 aliphatic carbocycles. The van der Waals surface area contributed by atoms with Crippen LogP contribution in [0.5, 0.6) is 0 Å². The number of hydrogen-bond donors (Lipinski definition) is 1. The summed E-state index contributed by atoms with van der Waals surface area (Å²) in [6.07, 6.45) is -0.574. The highest BCUT2D eigenvalue weighted by Crippen LogP contribution is 2.22. The van der Waals surface area contributed by atoms with E-state index in [1.165, 1.54) is 11.4 Å². The number of alkyl carbamates (subject to hydrolysis) is 1. The summed E-state index contributed by atoms with van der Waals surface area (Å²) in [7, 11) is -2.15. The SMILES string of the molecule is Cc1ccc(C)c(S(=O)(=O)N(C)CC(C)(C)NC(=O)OC(C)(C)C)c1. The molecule has 0 radical (unpaired) electrons. The van der Waals surface area contributed by atoms with Crippen molar-refractivity contribution in [2.45, 2.75) is 64.5 Å². The van der Waals surface area contributed by atoms with E-state index < -0.39 is 27.3 Å². The molecule has 1 aromatic carbocycles. The van der Waals surface area contributed by atoms with Gasteiger partial charge in [0.25, 0.3) is 0 Å². The molecule has 0 aromatic heterocycles. The highest BCUT2D eigenvalue weighted by atomic mass is 32.2. The van der Waals surface area contributed by atoms with Crippen LogP contribution in [0.25, 0.3) is 0 Å². The molecule has 0 aliphatic rings. The zero-order valence-electron chi connectivity index (χ0n) is 16.4. The number of benzene rings is 1. The molecule has 0 unspecified atom stereocenters. The Bertz CT molecular complexity index is 734. The van der Waals surface area contributed by atoms with E-state index in [1.807, 2.05) is 13.0 Å². The lowest BCUT2D eigenvalue weighted by Gasteiger charge is -2.32. The molecule has 1 aromatic rings. The highest BCUT2D eigenvalue weighted by molar-refractivity contribution is 7.89. The van der Waals surface area contributed by atoms with Crippen molar-refractivity contribution >= 4 is 16.1 Å². The third kappa shape index (κ3) is 6.32. The molecule has 1 rings (SSSR count). The maximum atomic E-state index is 12.9. The first-order valence-electron chi connectivity index (χ1n) is 8.19. The van der Waals surface area contributed by atoms with Gasteiger partial charge in [0, 0.05) is 13.6 Å². The smallest absolute Gasteiger partial charge is 0.408 e. The first-order chi connectivity index (χ1) is 11.1. The number of rotatable bonds is 5. The van der Waals surface area contributed by atoms with Crippen LogP contribution in [0.2, 0.25) is 0 Å². The van der Waals surface area contributed by atoms with Crippen molar-refractivity contribution in [1.82, 2.24) is 9.62 Å². The molecule has 0 aliphatic heterocycles. The minimum Gasteiger partial charge on any atom is -0.444 e. The molecule has 0 saturated carbocycles. The van der Waals surface area contributed by atoms with Gasteiger partial charge in [-0.1, -0.05) is 12.1 Å². The molecule has 1 N–H and O–H groups in total. The molecule has 0 saturated heterocycles. The topological polar surface area (TPSA) is 75.7 Å². The summed E-state index contributed by atoms with van der Waals surface area (Å²) in [5, 5.41) is 2.73. The normalized spacial score (nSPS) is 13.0. The van der Waals surface area contributed by atoms with Crippen LogP contribution in [0.15, 0.2) is 23.1 Å². The fourth-order valence-corrected chi connectivity index (χ4v) is 4.05. The Morgan fingerprint density at radius 3 is 2.24 bits per heavy atom. The maximum absolute atomic E-state index is 12.9. The zero-order chi connectivity index (χ0) is 19.6. The molecule has 0 spiro atoms. The average Bonchev–Trinajstić information content (AvgIpc) is 2.37. The summed E-state index contributed by atoms with van der Waals surface area (Å²) < 4.78 is 32.3. The predicted molar refractivity (Wildman–Crippen MR) is 99.2 cm³/mol. The van der Waals surface area contributed by atoms with Crippen LogP contribution in [0, 0.1) is 13.8 Å². The van der Waals surface area contributed by atoms with E-state index in [-0.39, 0.29) is 11.4 Å². The number of aryl methyl sites for hydroxylation is 2. The molecule has 0 atom stereocenters. The minimum absolute atomic E-state index is 0.113. The van der Waals surface area contributed by atoms with Crippen LogP contribution in [0.3, 0.4) is 0 Å². The van der Waals surface area contributed by atoms with Gasteiger partial charge in [-0.25, -0.2) is 13.2 Å². The van der Waals surface area contributed by atoms with E-state index >= 15 is 0 Å². The number of nitrogens with zero attached hydrogens (tertiary/aromatic N) is 1. The molecule has 142 valence electrons. The molecule has 25 heavy (non-hydrogen) atoms. The van der Waals surface area contributed by atoms with Crippen molar-refractivity contribution in [1.29, 1.82) is 0 Å². The molecular weight excluding hydrogens is 340 g/mol. The van der Waals surface area contributed by atoms with Gasteiger partial charge in [0.1, 0.15) is 5.60 Å². The minimum atomic E-state index is -3.66. The fraction of sp³-hybridized carbons (Fsp3) is 0.611. The fourth-order valence-electron chi connectivity index (χ4n) is 2.41. The van der Waals surface area contributed by atoms with Crippen LogP contribution >= 0.6 is 0 Å². The highest BCUT2D eigenvalue weighted by Gasteiger charge is 2.31.